The molecule has 0 spiro atoms. The van der Waals surface area contributed by atoms with Crippen molar-refractivity contribution in [2.24, 2.45) is 5.92 Å². The van der Waals surface area contributed by atoms with Crippen LogP contribution in [-0.2, 0) is 14.3 Å². The second-order valence-corrected chi connectivity index (χ2v) is 6.60. The van der Waals surface area contributed by atoms with Crippen LogP contribution in [0.5, 0.6) is 0 Å². The third kappa shape index (κ3) is 3.51. The van der Waals surface area contributed by atoms with Crippen LogP contribution in [0, 0.1) is 5.92 Å². The Bertz CT molecular complexity index is 375. The molecule has 1 saturated heterocycles. The monoisotopic (exact) mass is 282 g/mol. The summed E-state index contributed by atoms with van der Waals surface area (Å²) in [6.07, 6.45) is 5.64. The Morgan fingerprint density at radius 1 is 1.25 bits per heavy atom. The molecule has 2 fully saturated rings. The molecule has 0 aromatic carbocycles. The minimum atomic E-state index is -0.426. The largest absolute Gasteiger partial charge is 0.377 e. The Balaban J connectivity index is 2.06. The fourth-order valence-electron chi connectivity index (χ4n) is 3.17. The molecule has 1 aliphatic carbocycles. The summed E-state index contributed by atoms with van der Waals surface area (Å²) < 4.78 is 5.38. The van der Waals surface area contributed by atoms with Gasteiger partial charge >= 0.3 is 0 Å². The summed E-state index contributed by atoms with van der Waals surface area (Å²) >= 11 is 0. The highest BCUT2D eigenvalue weighted by Crippen LogP contribution is 2.28. The third-order valence-electron chi connectivity index (χ3n) is 4.47. The quantitative estimate of drug-likeness (QED) is 0.846. The van der Waals surface area contributed by atoms with Crippen molar-refractivity contribution >= 4 is 11.8 Å². The van der Waals surface area contributed by atoms with E-state index in [9.17, 15) is 9.59 Å². The molecule has 0 bridgehead atoms. The van der Waals surface area contributed by atoms with Crippen molar-refractivity contribution in [1.82, 2.24) is 10.2 Å². The number of carbonyl (C=O) groups excluding carboxylic acids is 2. The maximum Gasteiger partial charge on any atom is 0.246 e. The first-order valence-electron chi connectivity index (χ1n) is 7.56. The molecule has 1 saturated carbocycles. The van der Waals surface area contributed by atoms with E-state index in [1.54, 1.807) is 12.0 Å². The first kappa shape index (κ1) is 15.3. The van der Waals surface area contributed by atoms with Gasteiger partial charge in [-0.1, -0.05) is 19.3 Å². The summed E-state index contributed by atoms with van der Waals surface area (Å²) in [5.74, 6) is 0.308. The molecule has 0 aromatic heterocycles. The Morgan fingerprint density at radius 3 is 2.50 bits per heavy atom. The van der Waals surface area contributed by atoms with Crippen LogP contribution in [0.15, 0.2) is 0 Å². The zero-order chi connectivity index (χ0) is 14.8. The smallest absolute Gasteiger partial charge is 0.246 e. The zero-order valence-corrected chi connectivity index (χ0v) is 12.8. The molecule has 5 nitrogen and oxygen atoms in total. The lowest BCUT2D eigenvalue weighted by molar-refractivity contribution is -0.149. The second-order valence-electron chi connectivity index (χ2n) is 6.60. The Morgan fingerprint density at radius 2 is 1.90 bits per heavy atom. The van der Waals surface area contributed by atoms with Gasteiger partial charge < -0.3 is 15.0 Å². The standard InChI is InChI=1S/C15H26N2O3/c1-15(2,20-3)10-17-9-12(18)16-13(14(17)19)11-7-5-4-6-8-11/h11,13H,4-10H2,1-3H3,(H,16,18). The molecule has 0 radical (unpaired) electrons. The van der Waals surface area contributed by atoms with E-state index >= 15 is 0 Å². The van der Waals surface area contributed by atoms with E-state index in [1.165, 1.54) is 6.42 Å². The lowest BCUT2D eigenvalue weighted by atomic mass is 9.82. The zero-order valence-electron chi connectivity index (χ0n) is 12.8. The van der Waals surface area contributed by atoms with Crippen molar-refractivity contribution < 1.29 is 14.3 Å². The van der Waals surface area contributed by atoms with Gasteiger partial charge in [-0.15, -0.1) is 0 Å². The van der Waals surface area contributed by atoms with Crippen molar-refractivity contribution in [2.45, 2.75) is 57.6 Å². The van der Waals surface area contributed by atoms with Gasteiger partial charge in [0.15, 0.2) is 0 Å². The highest BCUT2D eigenvalue weighted by molar-refractivity contribution is 5.95. The average molecular weight is 282 g/mol. The fraction of sp³-hybridized carbons (Fsp3) is 0.867. The number of carbonyl (C=O) groups is 2. The topological polar surface area (TPSA) is 58.6 Å². The van der Waals surface area contributed by atoms with Gasteiger partial charge in [0.2, 0.25) is 11.8 Å². The van der Waals surface area contributed by atoms with Crippen molar-refractivity contribution in [3.05, 3.63) is 0 Å². The molecular formula is C15H26N2O3. The first-order valence-corrected chi connectivity index (χ1v) is 7.56. The summed E-state index contributed by atoms with van der Waals surface area (Å²) in [6, 6.07) is -0.329. The summed E-state index contributed by atoms with van der Waals surface area (Å²) in [5, 5.41) is 2.90. The number of hydrogen-bond donors (Lipinski definition) is 1. The normalized spacial score (nSPS) is 25.8. The Hall–Kier alpha value is -1.10. The summed E-state index contributed by atoms with van der Waals surface area (Å²) in [7, 11) is 1.63. The predicted molar refractivity (Wildman–Crippen MR) is 76.2 cm³/mol. The minimum absolute atomic E-state index is 0.0490. The van der Waals surface area contributed by atoms with Crippen LogP contribution in [0.25, 0.3) is 0 Å². The average Bonchev–Trinajstić information content (AvgIpc) is 2.43. The number of hydrogen-bond acceptors (Lipinski definition) is 3. The van der Waals surface area contributed by atoms with Crippen LogP contribution < -0.4 is 5.32 Å². The van der Waals surface area contributed by atoms with Crippen LogP contribution >= 0.6 is 0 Å². The summed E-state index contributed by atoms with van der Waals surface area (Å²) in [6.45, 7) is 4.47. The number of nitrogens with one attached hydrogen (secondary N) is 1. The fourth-order valence-corrected chi connectivity index (χ4v) is 3.17. The van der Waals surface area contributed by atoms with E-state index in [1.807, 2.05) is 13.8 Å². The van der Waals surface area contributed by atoms with E-state index in [0.717, 1.165) is 25.7 Å². The van der Waals surface area contributed by atoms with Gasteiger partial charge in [-0.25, -0.2) is 0 Å². The highest BCUT2D eigenvalue weighted by atomic mass is 16.5. The van der Waals surface area contributed by atoms with Gasteiger partial charge in [0.1, 0.15) is 6.04 Å². The summed E-state index contributed by atoms with van der Waals surface area (Å²) in [4.78, 5) is 26.2. The maximum absolute atomic E-state index is 12.6. The number of nitrogens with zero attached hydrogens (tertiary/aromatic N) is 1. The lowest BCUT2D eigenvalue weighted by Crippen LogP contribution is -2.62. The van der Waals surface area contributed by atoms with Crippen LogP contribution in [0.4, 0.5) is 0 Å². The molecule has 1 unspecified atom stereocenters. The minimum Gasteiger partial charge on any atom is -0.377 e. The van der Waals surface area contributed by atoms with Crippen LogP contribution in [0.3, 0.4) is 0 Å². The Kier molecular flexibility index (Phi) is 4.68. The number of piperazine rings is 1. The van der Waals surface area contributed by atoms with Crippen LogP contribution in [-0.4, -0.2) is 48.6 Å². The number of rotatable bonds is 4. The molecule has 5 heteroatoms. The number of ether oxygens (including phenoxy) is 1. The van der Waals surface area contributed by atoms with E-state index in [0.29, 0.717) is 12.5 Å². The van der Waals surface area contributed by atoms with Crippen molar-refractivity contribution in [3.63, 3.8) is 0 Å². The molecule has 114 valence electrons. The first-order chi connectivity index (χ1) is 9.43. The molecular weight excluding hydrogens is 256 g/mol. The van der Waals surface area contributed by atoms with Crippen molar-refractivity contribution in [2.75, 3.05) is 20.2 Å². The van der Waals surface area contributed by atoms with Gasteiger partial charge in [-0.2, -0.15) is 0 Å². The maximum atomic E-state index is 12.6. The molecule has 1 heterocycles. The molecule has 1 N–H and O–H groups in total. The Labute approximate surface area is 121 Å². The predicted octanol–water partition coefficient (Wildman–Crippen LogP) is 1.32. The van der Waals surface area contributed by atoms with Gasteiger partial charge in [0.25, 0.3) is 0 Å². The lowest BCUT2D eigenvalue weighted by Gasteiger charge is -2.40. The third-order valence-corrected chi connectivity index (χ3v) is 4.47. The molecule has 1 atom stereocenters. The van der Waals surface area contributed by atoms with E-state index in [2.05, 4.69) is 5.32 Å². The van der Waals surface area contributed by atoms with E-state index < -0.39 is 5.60 Å². The van der Waals surface area contributed by atoms with Crippen LogP contribution in [0.2, 0.25) is 0 Å². The molecule has 1 aliphatic heterocycles. The number of amides is 2. The SMILES string of the molecule is COC(C)(C)CN1CC(=O)NC(C2CCCCC2)C1=O. The second kappa shape index (κ2) is 6.12. The molecule has 2 rings (SSSR count). The molecule has 0 aromatic rings. The van der Waals surface area contributed by atoms with Gasteiger partial charge in [-0.3, -0.25) is 9.59 Å². The van der Waals surface area contributed by atoms with E-state index in [-0.39, 0.29) is 24.4 Å². The molecule has 20 heavy (non-hydrogen) atoms. The molecule has 2 amide bonds. The van der Waals surface area contributed by atoms with Gasteiger partial charge in [0, 0.05) is 13.7 Å². The summed E-state index contributed by atoms with van der Waals surface area (Å²) in [5.41, 5.74) is -0.426. The van der Waals surface area contributed by atoms with Gasteiger partial charge in [0.05, 0.1) is 12.1 Å². The number of methoxy groups -OCH3 is 1. The van der Waals surface area contributed by atoms with Crippen LogP contribution in [0.1, 0.15) is 46.0 Å². The van der Waals surface area contributed by atoms with E-state index in [4.69, 9.17) is 4.74 Å². The highest BCUT2D eigenvalue weighted by Gasteiger charge is 2.39. The van der Waals surface area contributed by atoms with Crippen molar-refractivity contribution in [3.8, 4) is 0 Å². The van der Waals surface area contributed by atoms with Crippen molar-refractivity contribution in [1.29, 1.82) is 0 Å². The molecule has 2 aliphatic rings. The van der Waals surface area contributed by atoms with Gasteiger partial charge in [-0.05, 0) is 32.6 Å².